The first-order chi connectivity index (χ1) is 10.7. The van der Waals surface area contributed by atoms with Crippen LogP contribution in [0.5, 0.6) is 0 Å². The van der Waals surface area contributed by atoms with Gasteiger partial charge in [-0.3, -0.25) is 0 Å². The largest absolute Gasteiger partial charge is 0.482 e. The highest BCUT2D eigenvalue weighted by molar-refractivity contribution is 7.18. The van der Waals surface area contributed by atoms with Gasteiger partial charge in [0.05, 0.1) is 23.4 Å². The summed E-state index contributed by atoms with van der Waals surface area (Å²) in [4.78, 5) is 8.87. The molecule has 2 atom stereocenters. The molecule has 3 rings (SSSR count). The van der Waals surface area contributed by atoms with E-state index in [1.807, 2.05) is 24.3 Å². The molecule has 112 valence electrons. The molecule has 7 heteroatoms. The van der Waals surface area contributed by atoms with Crippen LogP contribution in [-0.2, 0) is 9.47 Å². The Morgan fingerprint density at radius 3 is 2.86 bits per heavy atom. The summed E-state index contributed by atoms with van der Waals surface area (Å²) in [6.45, 7) is 0. The molecule has 2 heterocycles. The predicted molar refractivity (Wildman–Crippen MR) is 84.4 cm³/mol. The molecule has 1 N–H and O–H groups in total. The zero-order valence-electron chi connectivity index (χ0n) is 12.1. The molecule has 0 bridgehead atoms. The van der Waals surface area contributed by atoms with Crippen LogP contribution < -0.4 is 5.32 Å². The third-order valence-electron chi connectivity index (χ3n) is 3.40. The zero-order chi connectivity index (χ0) is 15.6. The number of aromatic nitrogens is 1. The van der Waals surface area contributed by atoms with Gasteiger partial charge in [0.1, 0.15) is 5.01 Å². The average molecular weight is 314 g/mol. The monoisotopic (exact) mass is 314 g/mol. The third kappa shape index (κ3) is 2.32. The van der Waals surface area contributed by atoms with Crippen molar-refractivity contribution >= 4 is 27.8 Å². The highest BCUT2D eigenvalue weighted by atomic mass is 32.1. The van der Waals surface area contributed by atoms with E-state index >= 15 is 0 Å². The van der Waals surface area contributed by atoms with E-state index in [1.54, 1.807) is 12.3 Å². The molecule has 0 saturated heterocycles. The Morgan fingerprint density at radius 2 is 2.18 bits per heavy atom. The maximum Gasteiger partial charge on any atom is 0.261 e. The minimum absolute atomic E-state index is 0.484. The Bertz CT molecular complexity index is 759. The summed E-state index contributed by atoms with van der Waals surface area (Å²) >= 11 is 1.46. The van der Waals surface area contributed by atoms with E-state index in [2.05, 4.69) is 21.4 Å². The Balaban J connectivity index is 2.04. The zero-order valence-corrected chi connectivity index (χ0v) is 12.9. The van der Waals surface area contributed by atoms with Crippen LogP contribution in [0.2, 0.25) is 0 Å². The third-order valence-corrected chi connectivity index (χ3v) is 4.50. The first-order valence-corrected chi connectivity index (χ1v) is 7.42. The number of methoxy groups -OCH3 is 2. The molecule has 0 aliphatic carbocycles. The Morgan fingerprint density at radius 1 is 1.36 bits per heavy atom. The van der Waals surface area contributed by atoms with E-state index in [0.717, 1.165) is 10.2 Å². The summed E-state index contributed by atoms with van der Waals surface area (Å²) < 4.78 is 11.7. The summed E-state index contributed by atoms with van der Waals surface area (Å²) in [7, 11) is 3.04. The molecule has 1 aliphatic heterocycles. The van der Waals surface area contributed by atoms with Gasteiger partial charge in [-0.05, 0) is 12.1 Å². The van der Waals surface area contributed by atoms with E-state index in [4.69, 9.17) is 9.47 Å². The van der Waals surface area contributed by atoms with Gasteiger partial charge in [-0.15, -0.1) is 11.3 Å². The number of allylic oxidation sites excluding steroid dienone is 1. The molecule has 2 aromatic rings. The van der Waals surface area contributed by atoms with Crippen molar-refractivity contribution in [1.82, 2.24) is 10.3 Å². The second-order valence-electron chi connectivity index (χ2n) is 4.62. The average Bonchev–Trinajstić information content (AvgIpc) is 2.99. The number of nitrogens with one attached hydrogen (secondary N) is 1. The number of para-hydroxylation sites is 1. The summed E-state index contributed by atoms with van der Waals surface area (Å²) in [6, 6.07) is 10.0. The Hall–Kier alpha value is -2.43. The molecule has 0 fully saturated rings. The van der Waals surface area contributed by atoms with Gasteiger partial charge >= 0.3 is 0 Å². The molecule has 1 aromatic heterocycles. The van der Waals surface area contributed by atoms with Crippen LogP contribution in [0, 0.1) is 11.3 Å². The normalized spacial score (nSPS) is 21.8. The molecule has 6 nitrogen and oxygen atoms in total. The quantitative estimate of drug-likeness (QED) is 0.937. The Kier molecular flexibility index (Phi) is 3.79. The van der Waals surface area contributed by atoms with Crippen molar-refractivity contribution in [3.8, 4) is 6.07 Å². The number of fused-ring (bicyclic) bond motifs is 1. The molecular weight excluding hydrogens is 300 g/mol. The molecule has 1 aliphatic rings. The lowest BCUT2D eigenvalue weighted by Gasteiger charge is -2.34. The number of thiazole rings is 1. The second-order valence-corrected chi connectivity index (χ2v) is 5.68. The predicted octanol–water partition coefficient (Wildman–Crippen LogP) is 2.37. The van der Waals surface area contributed by atoms with Crippen molar-refractivity contribution in [1.29, 1.82) is 5.26 Å². The van der Waals surface area contributed by atoms with E-state index in [1.165, 1.54) is 25.6 Å². The van der Waals surface area contributed by atoms with Crippen LogP contribution in [0.15, 0.2) is 41.2 Å². The lowest BCUT2D eigenvalue weighted by atomic mass is 10.1. The van der Waals surface area contributed by atoms with Gasteiger partial charge in [-0.1, -0.05) is 12.1 Å². The van der Waals surface area contributed by atoms with Gasteiger partial charge < -0.3 is 14.8 Å². The number of benzene rings is 1. The van der Waals surface area contributed by atoms with Crippen molar-refractivity contribution in [2.75, 3.05) is 14.2 Å². The van der Waals surface area contributed by atoms with Gasteiger partial charge in [-0.2, -0.15) is 5.26 Å². The van der Waals surface area contributed by atoms with Gasteiger partial charge in [-0.25, -0.2) is 9.98 Å². The highest BCUT2D eigenvalue weighted by Crippen LogP contribution is 2.36. The summed E-state index contributed by atoms with van der Waals surface area (Å²) in [6.07, 6.45) is 3.24. The van der Waals surface area contributed by atoms with Crippen LogP contribution in [0.3, 0.4) is 0 Å². The first kappa shape index (κ1) is 14.5. The molecular formula is C15H14N4O2S. The van der Waals surface area contributed by atoms with Gasteiger partial charge in [0.2, 0.25) is 0 Å². The molecule has 0 spiro atoms. The van der Waals surface area contributed by atoms with Crippen LogP contribution in [0.1, 0.15) is 10.9 Å². The van der Waals surface area contributed by atoms with Crippen LogP contribution in [0.25, 0.3) is 10.2 Å². The van der Waals surface area contributed by atoms with Crippen molar-refractivity contribution in [3.63, 3.8) is 0 Å². The highest BCUT2D eigenvalue weighted by Gasteiger charge is 2.44. The van der Waals surface area contributed by atoms with E-state index < -0.39 is 11.8 Å². The lowest BCUT2D eigenvalue weighted by Crippen LogP contribution is -2.51. The SMILES string of the molecule is COC1=CC=NC(OC)(C(C#N)c2nc3ccccc3s2)N1. The van der Waals surface area contributed by atoms with Crippen molar-refractivity contribution in [2.24, 2.45) is 4.99 Å². The number of nitrogens with zero attached hydrogens (tertiary/aromatic N) is 3. The van der Waals surface area contributed by atoms with E-state index in [9.17, 15) is 5.26 Å². The molecule has 2 unspecified atom stereocenters. The number of hydrogen-bond donors (Lipinski definition) is 1. The number of aliphatic imine (C=N–C) groups is 1. The smallest absolute Gasteiger partial charge is 0.261 e. The fourth-order valence-electron chi connectivity index (χ4n) is 2.28. The van der Waals surface area contributed by atoms with Crippen LogP contribution >= 0.6 is 11.3 Å². The number of ether oxygens (including phenoxy) is 2. The topological polar surface area (TPSA) is 79.5 Å². The minimum atomic E-state index is -1.25. The number of nitriles is 1. The maximum atomic E-state index is 9.67. The Labute approximate surface area is 131 Å². The number of hydrogen-bond acceptors (Lipinski definition) is 7. The van der Waals surface area contributed by atoms with Crippen LogP contribution in [-0.4, -0.2) is 31.3 Å². The first-order valence-electron chi connectivity index (χ1n) is 6.60. The summed E-state index contributed by atoms with van der Waals surface area (Å²) in [5.41, 5.74) is 0.858. The van der Waals surface area contributed by atoms with Gasteiger partial charge in [0.25, 0.3) is 5.85 Å². The molecule has 0 saturated carbocycles. The molecule has 0 amide bonds. The fourth-order valence-corrected chi connectivity index (χ4v) is 3.34. The molecule has 1 aromatic carbocycles. The molecule has 22 heavy (non-hydrogen) atoms. The molecule has 0 radical (unpaired) electrons. The number of rotatable bonds is 4. The lowest BCUT2D eigenvalue weighted by molar-refractivity contribution is -0.0464. The summed E-state index contributed by atoms with van der Waals surface area (Å²) in [5.74, 6) is -1.47. The summed E-state index contributed by atoms with van der Waals surface area (Å²) in [5, 5.41) is 13.3. The fraction of sp³-hybridized carbons (Fsp3) is 0.267. The maximum absolute atomic E-state index is 9.67. The van der Waals surface area contributed by atoms with Gasteiger partial charge in [0.15, 0.2) is 11.8 Å². The standard InChI is InChI=1S/C15H14N4O2S/c1-20-13-7-8-17-15(19-13,21-2)10(9-16)14-18-11-5-3-4-6-12(11)22-14/h3-8,10,19H,1-2H3. The van der Waals surface area contributed by atoms with Crippen molar-refractivity contribution in [3.05, 3.63) is 41.2 Å². The van der Waals surface area contributed by atoms with Crippen molar-refractivity contribution in [2.45, 2.75) is 11.8 Å². The second kappa shape index (κ2) is 5.75. The van der Waals surface area contributed by atoms with Crippen LogP contribution in [0.4, 0.5) is 0 Å². The van der Waals surface area contributed by atoms with E-state index in [-0.39, 0.29) is 0 Å². The van der Waals surface area contributed by atoms with E-state index in [0.29, 0.717) is 10.9 Å². The minimum Gasteiger partial charge on any atom is -0.482 e. The van der Waals surface area contributed by atoms with Crippen molar-refractivity contribution < 1.29 is 9.47 Å². The van der Waals surface area contributed by atoms with Gasteiger partial charge in [0, 0.05) is 19.4 Å².